The molecule has 0 amide bonds. The van der Waals surface area contributed by atoms with E-state index in [1.165, 1.54) is 11.3 Å². The Morgan fingerprint density at radius 1 is 1.40 bits per heavy atom. The minimum atomic E-state index is -0.0587. The molecule has 104 valence electrons. The molecule has 3 aromatic heterocycles. The number of H-pyrrole nitrogens is 1. The second-order valence-electron chi connectivity index (χ2n) is 4.38. The molecule has 0 fully saturated rings. The SMILES string of the molecule is Cc1sc2nc([C@@H](C)Sc3nncs3)[nH]c(=O)c2c1C. The number of aromatic amines is 1. The van der Waals surface area contributed by atoms with E-state index in [2.05, 4.69) is 20.2 Å². The van der Waals surface area contributed by atoms with Crippen LogP contribution in [0.1, 0.15) is 28.4 Å². The molecule has 1 atom stereocenters. The van der Waals surface area contributed by atoms with Crippen molar-refractivity contribution in [3.63, 3.8) is 0 Å². The maximum Gasteiger partial charge on any atom is 0.259 e. The van der Waals surface area contributed by atoms with Gasteiger partial charge in [0.25, 0.3) is 5.56 Å². The van der Waals surface area contributed by atoms with Crippen molar-refractivity contribution in [2.24, 2.45) is 0 Å². The lowest BCUT2D eigenvalue weighted by atomic mass is 10.2. The predicted molar refractivity (Wildman–Crippen MR) is 83.9 cm³/mol. The fourth-order valence-electron chi connectivity index (χ4n) is 1.89. The first-order chi connectivity index (χ1) is 9.56. The summed E-state index contributed by atoms with van der Waals surface area (Å²) in [4.78, 5) is 21.7. The van der Waals surface area contributed by atoms with Gasteiger partial charge in [0.2, 0.25) is 0 Å². The lowest BCUT2D eigenvalue weighted by Crippen LogP contribution is -2.12. The molecule has 0 aliphatic carbocycles. The van der Waals surface area contributed by atoms with Gasteiger partial charge in [-0.2, -0.15) is 0 Å². The van der Waals surface area contributed by atoms with Crippen LogP contribution in [0.25, 0.3) is 10.2 Å². The van der Waals surface area contributed by atoms with Crippen LogP contribution in [-0.2, 0) is 0 Å². The molecule has 0 aromatic carbocycles. The minimum Gasteiger partial charge on any atom is -0.309 e. The van der Waals surface area contributed by atoms with Crippen LogP contribution in [0.3, 0.4) is 0 Å². The molecule has 0 saturated carbocycles. The van der Waals surface area contributed by atoms with E-state index < -0.39 is 0 Å². The third-order valence-electron chi connectivity index (χ3n) is 3.06. The van der Waals surface area contributed by atoms with E-state index in [-0.39, 0.29) is 10.8 Å². The van der Waals surface area contributed by atoms with Crippen molar-refractivity contribution < 1.29 is 0 Å². The highest BCUT2D eigenvalue weighted by Gasteiger charge is 2.16. The standard InChI is InChI=1S/C12H12N4OS3/c1-5-6(2)19-11-8(5)10(17)14-9(15-11)7(3)20-12-16-13-4-18-12/h4,7H,1-3H3,(H,14,15,17)/t7-/m1/s1. The van der Waals surface area contributed by atoms with Gasteiger partial charge in [0.15, 0.2) is 4.34 Å². The maximum atomic E-state index is 12.2. The molecule has 0 aliphatic heterocycles. The van der Waals surface area contributed by atoms with E-state index >= 15 is 0 Å². The van der Waals surface area contributed by atoms with E-state index in [9.17, 15) is 4.79 Å². The second-order valence-corrected chi connectivity index (χ2v) is 8.00. The fraction of sp³-hybridized carbons (Fsp3) is 0.333. The van der Waals surface area contributed by atoms with Crippen LogP contribution in [0, 0.1) is 13.8 Å². The predicted octanol–water partition coefficient (Wildman–Crippen LogP) is 3.31. The summed E-state index contributed by atoms with van der Waals surface area (Å²) in [5, 5.41) is 8.55. The van der Waals surface area contributed by atoms with Gasteiger partial charge in [0.1, 0.15) is 16.2 Å². The van der Waals surface area contributed by atoms with Crippen molar-refractivity contribution in [2.75, 3.05) is 0 Å². The zero-order chi connectivity index (χ0) is 14.3. The quantitative estimate of drug-likeness (QED) is 0.748. The Morgan fingerprint density at radius 2 is 2.20 bits per heavy atom. The van der Waals surface area contributed by atoms with Crippen molar-refractivity contribution in [1.82, 2.24) is 20.2 Å². The molecular weight excluding hydrogens is 312 g/mol. The maximum absolute atomic E-state index is 12.2. The monoisotopic (exact) mass is 324 g/mol. The van der Waals surface area contributed by atoms with Crippen molar-refractivity contribution in [1.29, 1.82) is 0 Å². The molecule has 0 radical (unpaired) electrons. The van der Waals surface area contributed by atoms with Crippen molar-refractivity contribution in [3.8, 4) is 0 Å². The van der Waals surface area contributed by atoms with Gasteiger partial charge in [-0.3, -0.25) is 4.79 Å². The van der Waals surface area contributed by atoms with Crippen LogP contribution in [0.4, 0.5) is 0 Å². The molecule has 0 unspecified atom stereocenters. The second kappa shape index (κ2) is 5.27. The topological polar surface area (TPSA) is 71.5 Å². The van der Waals surface area contributed by atoms with Gasteiger partial charge in [0, 0.05) is 4.88 Å². The lowest BCUT2D eigenvalue weighted by molar-refractivity contribution is 0.918. The summed E-state index contributed by atoms with van der Waals surface area (Å²) in [6.45, 7) is 5.98. The smallest absolute Gasteiger partial charge is 0.259 e. The Hall–Kier alpha value is -1.25. The first-order valence-electron chi connectivity index (χ1n) is 5.99. The van der Waals surface area contributed by atoms with E-state index in [1.54, 1.807) is 28.6 Å². The first kappa shape index (κ1) is 13.7. The summed E-state index contributed by atoms with van der Waals surface area (Å²) in [6.07, 6.45) is 0. The van der Waals surface area contributed by atoms with E-state index in [4.69, 9.17) is 0 Å². The Kier molecular flexibility index (Phi) is 3.61. The summed E-state index contributed by atoms with van der Waals surface area (Å²) < 4.78 is 0.874. The number of aryl methyl sites for hydroxylation is 2. The van der Waals surface area contributed by atoms with Crippen LogP contribution < -0.4 is 5.56 Å². The summed E-state index contributed by atoms with van der Waals surface area (Å²) in [7, 11) is 0. The van der Waals surface area contributed by atoms with Crippen LogP contribution in [-0.4, -0.2) is 20.2 Å². The van der Waals surface area contributed by atoms with Gasteiger partial charge in [-0.1, -0.05) is 23.1 Å². The average molecular weight is 324 g/mol. The van der Waals surface area contributed by atoms with Gasteiger partial charge in [0.05, 0.1) is 10.6 Å². The number of aromatic nitrogens is 4. The molecule has 8 heteroatoms. The highest BCUT2D eigenvalue weighted by atomic mass is 32.2. The highest BCUT2D eigenvalue weighted by Crippen LogP contribution is 2.34. The third kappa shape index (κ3) is 2.38. The van der Waals surface area contributed by atoms with Crippen LogP contribution >= 0.6 is 34.4 Å². The molecule has 3 rings (SSSR count). The Bertz CT molecular complexity index is 806. The zero-order valence-electron chi connectivity index (χ0n) is 11.1. The van der Waals surface area contributed by atoms with E-state index in [0.717, 1.165) is 19.6 Å². The van der Waals surface area contributed by atoms with Crippen molar-refractivity contribution in [3.05, 3.63) is 32.1 Å². The molecule has 5 nitrogen and oxygen atoms in total. The third-order valence-corrected chi connectivity index (χ3v) is 6.08. The Labute approximate surface area is 127 Å². The van der Waals surface area contributed by atoms with Gasteiger partial charge in [-0.05, 0) is 26.3 Å². The molecule has 0 spiro atoms. The van der Waals surface area contributed by atoms with Crippen LogP contribution in [0.5, 0.6) is 0 Å². The average Bonchev–Trinajstić information content (AvgIpc) is 2.99. The molecule has 0 aliphatic rings. The van der Waals surface area contributed by atoms with Crippen molar-refractivity contribution in [2.45, 2.75) is 30.4 Å². The van der Waals surface area contributed by atoms with Crippen LogP contribution in [0.2, 0.25) is 0 Å². The zero-order valence-corrected chi connectivity index (χ0v) is 13.6. The van der Waals surface area contributed by atoms with Crippen LogP contribution in [0.15, 0.2) is 14.6 Å². The summed E-state index contributed by atoms with van der Waals surface area (Å²) in [5.41, 5.74) is 2.66. The summed E-state index contributed by atoms with van der Waals surface area (Å²) in [5.74, 6) is 0.684. The van der Waals surface area contributed by atoms with Gasteiger partial charge >= 0.3 is 0 Å². The van der Waals surface area contributed by atoms with Gasteiger partial charge in [-0.15, -0.1) is 21.5 Å². The summed E-state index contributed by atoms with van der Waals surface area (Å²) >= 11 is 4.60. The number of hydrogen-bond donors (Lipinski definition) is 1. The fourth-order valence-corrected chi connectivity index (χ4v) is 4.61. The number of hydrogen-bond acceptors (Lipinski definition) is 7. The molecule has 0 bridgehead atoms. The molecule has 3 heterocycles. The first-order valence-corrected chi connectivity index (χ1v) is 8.56. The number of fused-ring (bicyclic) bond motifs is 1. The van der Waals surface area contributed by atoms with Gasteiger partial charge < -0.3 is 4.98 Å². The molecular formula is C12H12N4OS3. The normalized spacial score (nSPS) is 12.9. The Balaban J connectivity index is 2.02. The number of nitrogens with zero attached hydrogens (tertiary/aromatic N) is 3. The molecule has 1 N–H and O–H groups in total. The number of nitrogens with one attached hydrogen (secondary N) is 1. The molecule has 3 aromatic rings. The minimum absolute atomic E-state index is 0.0303. The number of thioether (sulfide) groups is 1. The van der Waals surface area contributed by atoms with Crippen molar-refractivity contribution >= 4 is 44.7 Å². The van der Waals surface area contributed by atoms with Gasteiger partial charge in [-0.25, -0.2) is 4.98 Å². The largest absolute Gasteiger partial charge is 0.309 e. The lowest BCUT2D eigenvalue weighted by Gasteiger charge is -2.07. The van der Waals surface area contributed by atoms with E-state index in [0.29, 0.717) is 11.2 Å². The highest BCUT2D eigenvalue weighted by molar-refractivity contribution is 8.01. The molecule has 0 saturated heterocycles. The summed E-state index contributed by atoms with van der Waals surface area (Å²) in [6, 6.07) is 0. The van der Waals surface area contributed by atoms with E-state index in [1.807, 2.05) is 20.8 Å². The molecule has 20 heavy (non-hydrogen) atoms. The number of thiophene rings is 1. The Morgan fingerprint density at radius 3 is 2.90 bits per heavy atom. The number of rotatable bonds is 3.